The van der Waals surface area contributed by atoms with Gasteiger partial charge >= 0.3 is 0 Å². The number of nitrogens with zero attached hydrogens (tertiary/aromatic N) is 1. The monoisotopic (exact) mass is 314 g/mol. The number of aromatic nitrogens is 1. The van der Waals surface area contributed by atoms with Crippen molar-refractivity contribution in [3.8, 4) is 11.5 Å². The van der Waals surface area contributed by atoms with Crippen LogP contribution in [0.1, 0.15) is 36.7 Å². The van der Waals surface area contributed by atoms with E-state index in [1.165, 1.54) is 5.56 Å². The summed E-state index contributed by atoms with van der Waals surface area (Å²) in [7, 11) is 1.67. The average Bonchev–Trinajstić information content (AvgIpc) is 2.55. The second-order valence-corrected chi connectivity index (χ2v) is 5.56. The lowest BCUT2D eigenvalue weighted by atomic mass is 10.2. The second kappa shape index (κ2) is 9.16. The normalized spacial score (nSPS) is 10.6. The highest BCUT2D eigenvalue weighted by molar-refractivity contribution is 5.43. The summed E-state index contributed by atoms with van der Waals surface area (Å²) in [6.45, 7) is 6.40. The molecule has 4 nitrogen and oxygen atoms in total. The summed E-state index contributed by atoms with van der Waals surface area (Å²) in [6.07, 6.45) is 2.16. The Hall–Kier alpha value is -2.07. The maximum absolute atomic E-state index is 5.82. The van der Waals surface area contributed by atoms with Crippen molar-refractivity contribution in [2.45, 2.75) is 39.8 Å². The lowest BCUT2D eigenvalue weighted by Crippen LogP contribution is -2.14. The van der Waals surface area contributed by atoms with Gasteiger partial charge in [-0.05, 0) is 43.2 Å². The van der Waals surface area contributed by atoms with Crippen molar-refractivity contribution in [2.75, 3.05) is 13.7 Å². The van der Waals surface area contributed by atoms with Crippen molar-refractivity contribution in [3.63, 3.8) is 0 Å². The fourth-order valence-corrected chi connectivity index (χ4v) is 2.30. The molecule has 23 heavy (non-hydrogen) atoms. The first-order valence-electron chi connectivity index (χ1n) is 8.16. The summed E-state index contributed by atoms with van der Waals surface area (Å²) in [5.74, 6) is 1.60. The van der Waals surface area contributed by atoms with E-state index >= 15 is 0 Å². The minimum atomic E-state index is 0.719. The third-order valence-corrected chi connectivity index (χ3v) is 3.56. The van der Waals surface area contributed by atoms with Crippen molar-refractivity contribution in [1.29, 1.82) is 0 Å². The van der Waals surface area contributed by atoms with E-state index < -0.39 is 0 Å². The van der Waals surface area contributed by atoms with Gasteiger partial charge in [-0.2, -0.15) is 0 Å². The molecule has 0 fully saturated rings. The lowest BCUT2D eigenvalue weighted by molar-refractivity contribution is 0.288. The van der Waals surface area contributed by atoms with E-state index in [2.05, 4.69) is 23.3 Å². The van der Waals surface area contributed by atoms with Crippen LogP contribution in [0.15, 0.2) is 36.4 Å². The van der Waals surface area contributed by atoms with Crippen LogP contribution in [-0.4, -0.2) is 18.7 Å². The molecule has 0 radical (unpaired) electrons. The molecule has 1 aromatic heterocycles. The Morgan fingerprint density at radius 1 is 1.09 bits per heavy atom. The zero-order chi connectivity index (χ0) is 16.5. The lowest BCUT2D eigenvalue weighted by Gasteiger charge is -2.12. The number of hydrogen-bond donors (Lipinski definition) is 1. The predicted octanol–water partition coefficient (Wildman–Crippen LogP) is 3.87. The van der Waals surface area contributed by atoms with E-state index in [4.69, 9.17) is 9.47 Å². The third-order valence-electron chi connectivity index (χ3n) is 3.56. The summed E-state index contributed by atoms with van der Waals surface area (Å²) < 4.78 is 11.2. The van der Waals surface area contributed by atoms with Crippen molar-refractivity contribution in [3.05, 3.63) is 53.3 Å². The first-order chi connectivity index (χ1) is 11.2. The number of pyridine rings is 1. The number of hydrogen-bond acceptors (Lipinski definition) is 4. The molecule has 0 amide bonds. The zero-order valence-electron chi connectivity index (χ0n) is 14.3. The summed E-state index contributed by atoms with van der Waals surface area (Å²) in [5.41, 5.74) is 3.27. The highest BCUT2D eigenvalue weighted by Gasteiger charge is 2.06. The van der Waals surface area contributed by atoms with Gasteiger partial charge in [0, 0.05) is 18.8 Å². The van der Waals surface area contributed by atoms with Crippen LogP contribution in [0, 0.1) is 6.92 Å². The van der Waals surface area contributed by atoms with Crippen molar-refractivity contribution < 1.29 is 9.47 Å². The highest BCUT2D eigenvalue weighted by Crippen LogP contribution is 2.28. The Bertz CT molecular complexity index is 614. The van der Waals surface area contributed by atoms with Crippen LogP contribution in [0.2, 0.25) is 0 Å². The number of nitrogens with one attached hydrogen (secondary N) is 1. The molecule has 0 aliphatic heterocycles. The third kappa shape index (κ3) is 5.57. The first kappa shape index (κ1) is 17.3. The van der Waals surface area contributed by atoms with Crippen molar-refractivity contribution in [2.24, 2.45) is 0 Å². The molecule has 1 aromatic carbocycles. The molecule has 0 aliphatic carbocycles. The Balaban J connectivity index is 1.92. The molecular weight excluding hydrogens is 288 g/mol. The van der Waals surface area contributed by atoms with Gasteiger partial charge in [-0.3, -0.25) is 4.98 Å². The quantitative estimate of drug-likeness (QED) is 0.714. The van der Waals surface area contributed by atoms with Crippen LogP contribution in [0.3, 0.4) is 0 Å². The Kier molecular flexibility index (Phi) is 6.88. The topological polar surface area (TPSA) is 43.4 Å². The van der Waals surface area contributed by atoms with Crippen LogP contribution < -0.4 is 14.8 Å². The fraction of sp³-hybridized carbons (Fsp3) is 0.421. The first-order valence-corrected chi connectivity index (χ1v) is 8.16. The van der Waals surface area contributed by atoms with Gasteiger partial charge in [0.1, 0.15) is 0 Å². The molecule has 2 rings (SSSR count). The van der Waals surface area contributed by atoms with Crippen molar-refractivity contribution in [1.82, 2.24) is 10.3 Å². The summed E-state index contributed by atoms with van der Waals surface area (Å²) in [4.78, 5) is 4.49. The highest BCUT2D eigenvalue weighted by atomic mass is 16.5. The van der Waals surface area contributed by atoms with E-state index in [0.29, 0.717) is 0 Å². The van der Waals surface area contributed by atoms with Crippen LogP contribution in [0.4, 0.5) is 0 Å². The molecule has 0 spiro atoms. The van der Waals surface area contributed by atoms with Gasteiger partial charge in [-0.1, -0.05) is 25.5 Å². The number of rotatable bonds is 9. The molecule has 0 unspecified atom stereocenters. The molecule has 2 aromatic rings. The molecule has 124 valence electrons. The van der Waals surface area contributed by atoms with Gasteiger partial charge < -0.3 is 14.8 Å². The minimum absolute atomic E-state index is 0.719. The van der Waals surface area contributed by atoms with Gasteiger partial charge in [0.2, 0.25) is 0 Å². The second-order valence-electron chi connectivity index (χ2n) is 5.56. The summed E-state index contributed by atoms with van der Waals surface area (Å²) >= 11 is 0. The van der Waals surface area contributed by atoms with Crippen LogP contribution in [0.5, 0.6) is 11.5 Å². The molecular formula is C19H26N2O2. The SMILES string of the molecule is CCCCOc1cc(CNCc2cccc(C)n2)ccc1OC. The van der Waals surface area contributed by atoms with E-state index in [9.17, 15) is 0 Å². The zero-order valence-corrected chi connectivity index (χ0v) is 14.3. The predicted molar refractivity (Wildman–Crippen MR) is 92.9 cm³/mol. The largest absolute Gasteiger partial charge is 0.493 e. The van der Waals surface area contributed by atoms with Gasteiger partial charge in [0.25, 0.3) is 0 Å². The van der Waals surface area contributed by atoms with Crippen LogP contribution in [0.25, 0.3) is 0 Å². The average molecular weight is 314 g/mol. The molecule has 0 saturated heterocycles. The molecule has 0 saturated carbocycles. The van der Waals surface area contributed by atoms with Crippen molar-refractivity contribution >= 4 is 0 Å². The Morgan fingerprint density at radius 3 is 2.70 bits per heavy atom. The van der Waals surface area contributed by atoms with Gasteiger partial charge in [0.15, 0.2) is 11.5 Å². The fourth-order valence-electron chi connectivity index (χ4n) is 2.30. The van der Waals surface area contributed by atoms with E-state index in [1.54, 1.807) is 7.11 Å². The molecule has 0 atom stereocenters. The Morgan fingerprint density at radius 2 is 1.96 bits per heavy atom. The minimum Gasteiger partial charge on any atom is -0.493 e. The molecule has 4 heteroatoms. The van der Waals surface area contributed by atoms with Crippen LogP contribution >= 0.6 is 0 Å². The standard InChI is InChI=1S/C19H26N2O2/c1-4-5-11-23-19-12-16(9-10-18(19)22-3)13-20-14-17-8-6-7-15(2)21-17/h6-10,12,20H,4-5,11,13-14H2,1-3H3. The smallest absolute Gasteiger partial charge is 0.161 e. The number of ether oxygens (including phenoxy) is 2. The number of unbranched alkanes of at least 4 members (excludes halogenated alkanes) is 1. The molecule has 0 aliphatic rings. The molecule has 0 bridgehead atoms. The Labute approximate surface area is 138 Å². The molecule has 1 N–H and O–H groups in total. The summed E-state index contributed by atoms with van der Waals surface area (Å²) in [5, 5.41) is 3.42. The maximum Gasteiger partial charge on any atom is 0.161 e. The van der Waals surface area contributed by atoms with Gasteiger partial charge in [0.05, 0.1) is 19.4 Å². The number of methoxy groups -OCH3 is 1. The van der Waals surface area contributed by atoms with Gasteiger partial charge in [-0.15, -0.1) is 0 Å². The van der Waals surface area contributed by atoms with E-state index in [1.807, 2.05) is 37.3 Å². The van der Waals surface area contributed by atoms with E-state index in [0.717, 1.165) is 55.4 Å². The maximum atomic E-state index is 5.82. The van der Waals surface area contributed by atoms with Crippen LogP contribution in [-0.2, 0) is 13.1 Å². The number of aryl methyl sites for hydroxylation is 1. The summed E-state index contributed by atoms with van der Waals surface area (Å²) in [6, 6.07) is 12.1. The molecule has 1 heterocycles. The number of benzene rings is 1. The van der Waals surface area contributed by atoms with E-state index in [-0.39, 0.29) is 0 Å². The van der Waals surface area contributed by atoms with Gasteiger partial charge in [-0.25, -0.2) is 0 Å².